The summed E-state index contributed by atoms with van der Waals surface area (Å²) in [4.78, 5) is 12.5. The fourth-order valence-electron chi connectivity index (χ4n) is 3.38. The molecule has 1 atom stereocenters. The summed E-state index contributed by atoms with van der Waals surface area (Å²) < 4.78 is 5.26. The third-order valence-electron chi connectivity index (χ3n) is 4.43. The van der Waals surface area contributed by atoms with Gasteiger partial charge in [-0.2, -0.15) is 0 Å². The van der Waals surface area contributed by atoms with Crippen LogP contribution in [-0.2, 0) is 11.2 Å². The van der Waals surface area contributed by atoms with Crippen LogP contribution in [0.1, 0.15) is 29.8 Å². The zero-order valence-corrected chi connectivity index (χ0v) is 14.4. The van der Waals surface area contributed by atoms with Crippen molar-refractivity contribution in [2.75, 3.05) is 13.7 Å². The van der Waals surface area contributed by atoms with Gasteiger partial charge in [0.15, 0.2) is 6.04 Å². The predicted octanol–water partition coefficient (Wildman–Crippen LogP) is 1.14. The molecule has 3 aromatic rings. The number of carboxylic acid groups (broad SMARTS) is 1. The highest BCUT2D eigenvalue weighted by Crippen LogP contribution is 2.31. The molecule has 0 saturated heterocycles. The first kappa shape index (κ1) is 17.0. The number of aliphatic carboxylic acids is 1. The summed E-state index contributed by atoms with van der Waals surface area (Å²) in [6.45, 7) is 2.10. The quantitative estimate of drug-likeness (QED) is 0.735. The number of aromatic nitrogens is 1. The van der Waals surface area contributed by atoms with Crippen LogP contribution in [0.25, 0.3) is 10.9 Å². The number of fused-ring (bicyclic) bond motifs is 3. The molecule has 2 heterocycles. The molecular formula is C20H22N2O3. The maximum atomic E-state index is 8.89. The van der Waals surface area contributed by atoms with Gasteiger partial charge in [-0.15, -0.1) is 0 Å². The van der Waals surface area contributed by atoms with E-state index < -0.39 is 5.97 Å². The first-order chi connectivity index (χ1) is 12.1. The largest absolute Gasteiger partial charge is 0.550 e. The Bertz CT molecular complexity index is 864. The van der Waals surface area contributed by atoms with Gasteiger partial charge in [0.05, 0.1) is 19.3 Å². The number of ether oxygens (including phenoxy) is 1. The summed E-state index contributed by atoms with van der Waals surface area (Å²) in [5.74, 6) is -0.175. The number of hydrogen-bond acceptors (Lipinski definition) is 3. The van der Waals surface area contributed by atoms with Crippen molar-refractivity contribution in [1.82, 2.24) is 4.98 Å². The van der Waals surface area contributed by atoms with E-state index in [9.17, 15) is 0 Å². The third-order valence-corrected chi connectivity index (χ3v) is 4.43. The van der Waals surface area contributed by atoms with Gasteiger partial charge in [-0.1, -0.05) is 18.2 Å². The van der Waals surface area contributed by atoms with Gasteiger partial charge in [0, 0.05) is 28.9 Å². The van der Waals surface area contributed by atoms with Crippen molar-refractivity contribution >= 4 is 16.9 Å². The molecule has 3 N–H and O–H groups in total. The number of methoxy groups -OCH3 is 1. The lowest BCUT2D eigenvalue weighted by molar-refractivity contribution is -0.690. The molecular weight excluding hydrogens is 316 g/mol. The predicted molar refractivity (Wildman–Crippen MR) is 94.3 cm³/mol. The summed E-state index contributed by atoms with van der Waals surface area (Å²) in [5, 5.41) is 12.7. The lowest BCUT2D eigenvalue weighted by Gasteiger charge is -2.21. The number of carbonyl (C=O) groups is 1. The average Bonchev–Trinajstić information content (AvgIpc) is 3.00. The number of benzene rings is 2. The van der Waals surface area contributed by atoms with Crippen LogP contribution in [0, 0.1) is 0 Å². The lowest BCUT2D eigenvalue weighted by Crippen LogP contribution is -2.87. The second-order valence-electron chi connectivity index (χ2n) is 6.08. The minimum Gasteiger partial charge on any atom is -0.550 e. The number of nitrogens with two attached hydrogens (primary N) is 1. The standard InChI is InChI=1S/C18H18N2O.C2H4O2/c1-21-13-8-6-12(7-9-13)17-18-15(10-11-19-17)14-4-2-3-5-16(14)20-18;1-2(3)4/h2-9,17,19-20H,10-11H2,1H3;1H3,(H,3,4). The van der Waals surface area contributed by atoms with E-state index in [1.165, 1.54) is 27.7 Å². The Hall–Kier alpha value is -2.79. The number of nitrogens with one attached hydrogen (secondary N) is 1. The number of rotatable bonds is 2. The highest BCUT2D eigenvalue weighted by Gasteiger charge is 2.28. The maximum absolute atomic E-state index is 8.89. The van der Waals surface area contributed by atoms with Crippen LogP contribution >= 0.6 is 0 Å². The average molecular weight is 338 g/mol. The second kappa shape index (κ2) is 7.40. The van der Waals surface area contributed by atoms with Crippen molar-refractivity contribution in [2.45, 2.75) is 19.4 Å². The van der Waals surface area contributed by atoms with Crippen LogP contribution in [-0.4, -0.2) is 24.6 Å². The summed E-state index contributed by atoms with van der Waals surface area (Å²) in [7, 11) is 1.71. The van der Waals surface area contributed by atoms with Gasteiger partial charge in [-0.05, 0) is 42.8 Å². The zero-order chi connectivity index (χ0) is 17.8. The number of carboxylic acids is 1. The van der Waals surface area contributed by atoms with Gasteiger partial charge in [-0.3, -0.25) is 0 Å². The SMILES string of the molecule is CC(=O)[O-].COc1ccc(C2[NH2+]CCc3c2[nH]c2ccccc32)cc1. The van der Waals surface area contributed by atoms with Crippen LogP contribution in [0.2, 0.25) is 0 Å². The summed E-state index contributed by atoms with van der Waals surface area (Å²) in [6, 6.07) is 17.4. The first-order valence-corrected chi connectivity index (χ1v) is 8.34. The number of quaternary nitrogens is 1. The topological polar surface area (TPSA) is 81.8 Å². The van der Waals surface area contributed by atoms with Gasteiger partial charge in [0.1, 0.15) is 5.75 Å². The van der Waals surface area contributed by atoms with Crippen molar-refractivity contribution < 1.29 is 20.0 Å². The fourth-order valence-corrected chi connectivity index (χ4v) is 3.38. The molecule has 1 aliphatic heterocycles. The monoisotopic (exact) mass is 338 g/mol. The molecule has 1 aliphatic rings. The number of carbonyl (C=O) groups excluding carboxylic acids is 1. The van der Waals surface area contributed by atoms with Gasteiger partial charge >= 0.3 is 0 Å². The molecule has 4 rings (SSSR count). The van der Waals surface area contributed by atoms with E-state index in [1.807, 2.05) is 12.1 Å². The van der Waals surface area contributed by atoms with Gasteiger partial charge < -0.3 is 24.9 Å². The first-order valence-electron chi connectivity index (χ1n) is 8.34. The van der Waals surface area contributed by atoms with Crippen LogP contribution in [0.5, 0.6) is 5.75 Å². The molecule has 2 aromatic carbocycles. The van der Waals surface area contributed by atoms with Gasteiger partial charge in [0.25, 0.3) is 0 Å². The molecule has 1 aromatic heterocycles. The summed E-state index contributed by atoms with van der Waals surface area (Å²) in [5.41, 5.74) is 5.40. The Morgan fingerprint density at radius 2 is 1.88 bits per heavy atom. The molecule has 1 unspecified atom stereocenters. The molecule has 130 valence electrons. The molecule has 0 fully saturated rings. The normalized spacial score (nSPS) is 15.8. The van der Waals surface area contributed by atoms with E-state index in [4.69, 9.17) is 14.6 Å². The fraction of sp³-hybridized carbons (Fsp3) is 0.250. The molecule has 0 aliphatic carbocycles. The highest BCUT2D eigenvalue weighted by atomic mass is 16.5. The third kappa shape index (κ3) is 3.67. The highest BCUT2D eigenvalue weighted by molar-refractivity contribution is 5.85. The number of H-pyrrole nitrogens is 1. The summed E-state index contributed by atoms with van der Waals surface area (Å²) in [6.07, 6.45) is 1.13. The Balaban J connectivity index is 0.000000415. The number of hydrogen-bond donors (Lipinski definition) is 2. The number of para-hydroxylation sites is 1. The summed E-state index contributed by atoms with van der Waals surface area (Å²) >= 11 is 0. The van der Waals surface area contributed by atoms with E-state index in [2.05, 4.69) is 46.7 Å². The maximum Gasteiger partial charge on any atom is 0.153 e. The molecule has 5 nitrogen and oxygen atoms in total. The van der Waals surface area contributed by atoms with Crippen LogP contribution in [0.3, 0.4) is 0 Å². The second-order valence-corrected chi connectivity index (χ2v) is 6.08. The molecule has 0 spiro atoms. The minimum atomic E-state index is -1.08. The Morgan fingerprint density at radius 3 is 2.56 bits per heavy atom. The van der Waals surface area contributed by atoms with E-state index >= 15 is 0 Å². The smallest absolute Gasteiger partial charge is 0.153 e. The van der Waals surface area contributed by atoms with E-state index in [-0.39, 0.29) is 0 Å². The van der Waals surface area contributed by atoms with Crippen molar-refractivity contribution in [3.05, 3.63) is 65.4 Å². The van der Waals surface area contributed by atoms with Crippen molar-refractivity contribution in [2.24, 2.45) is 0 Å². The van der Waals surface area contributed by atoms with Gasteiger partial charge in [0.2, 0.25) is 0 Å². The van der Waals surface area contributed by atoms with Crippen LogP contribution < -0.4 is 15.2 Å². The number of aromatic amines is 1. The van der Waals surface area contributed by atoms with E-state index in [0.29, 0.717) is 6.04 Å². The minimum absolute atomic E-state index is 0.354. The Labute approximate surface area is 146 Å². The Morgan fingerprint density at radius 1 is 1.20 bits per heavy atom. The van der Waals surface area contributed by atoms with Crippen molar-refractivity contribution in [1.29, 1.82) is 0 Å². The molecule has 0 amide bonds. The molecule has 5 heteroatoms. The lowest BCUT2D eigenvalue weighted by atomic mass is 9.94. The zero-order valence-electron chi connectivity index (χ0n) is 14.4. The molecule has 0 bridgehead atoms. The van der Waals surface area contributed by atoms with E-state index in [1.54, 1.807) is 7.11 Å². The van der Waals surface area contributed by atoms with E-state index in [0.717, 1.165) is 25.6 Å². The molecule has 0 saturated carbocycles. The van der Waals surface area contributed by atoms with Gasteiger partial charge in [-0.25, -0.2) is 0 Å². The van der Waals surface area contributed by atoms with Crippen LogP contribution in [0.15, 0.2) is 48.5 Å². The van der Waals surface area contributed by atoms with Crippen molar-refractivity contribution in [3.8, 4) is 5.75 Å². The Kier molecular flexibility index (Phi) is 5.05. The van der Waals surface area contributed by atoms with Crippen molar-refractivity contribution in [3.63, 3.8) is 0 Å². The molecule has 25 heavy (non-hydrogen) atoms. The molecule has 0 radical (unpaired) electrons. The van der Waals surface area contributed by atoms with Crippen LogP contribution in [0.4, 0.5) is 0 Å².